The van der Waals surface area contributed by atoms with Crippen LogP contribution in [0.5, 0.6) is 23.0 Å². The molecule has 0 heterocycles. The van der Waals surface area contributed by atoms with E-state index in [2.05, 4.69) is 0 Å². The third-order valence-electron chi connectivity index (χ3n) is 10.6. The monoisotopic (exact) mass is 838 g/mol. The van der Waals surface area contributed by atoms with Crippen molar-refractivity contribution in [3.8, 4) is 23.0 Å². The van der Waals surface area contributed by atoms with Gasteiger partial charge in [0.15, 0.2) is 0 Å². The molecular formula is C52H54O10. The van der Waals surface area contributed by atoms with Crippen molar-refractivity contribution in [3.05, 3.63) is 191 Å². The Balaban J connectivity index is 1.01. The zero-order valence-electron chi connectivity index (χ0n) is 35.8. The molecule has 0 aliphatic heterocycles. The van der Waals surface area contributed by atoms with Crippen LogP contribution in [-0.2, 0) is 39.7 Å². The second kappa shape index (κ2) is 22.3. The van der Waals surface area contributed by atoms with Gasteiger partial charge in [-0.15, -0.1) is 0 Å². The van der Waals surface area contributed by atoms with E-state index in [0.717, 1.165) is 56.4 Å². The van der Waals surface area contributed by atoms with Crippen molar-refractivity contribution in [1.82, 2.24) is 0 Å². The van der Waals surface area contributed by atoms with Gasteiger partial charge in [0.2, 0.25) is 0 Å². The minimum atomic E-state index is -0.979. The van der Waals surface area contributed by atoms with Crippen molar-refractivity contribution in [2.45, 2.75) is 36.9 Å². The molecule has 0 aliphatic rings. The van der Waals surface area contributed by atoms with Crippen LogP contribution in [0.2, 0.25) is 0 Å². The van der Waals surface area contributed by atoms with Gasteiger partial charge in [-0.1, -0.05) is 109 Å². The van der Waals surface area contributed by atoms with Crippen LogP contribution in [0.4, 0.5) is 0 Å². The molecule has 10 heteroatoms. The fourth-order valence-electron chi connectivity index (χ4n) is 7.44. The predicted octanol–water partition coefficient (Wildman–Crippen LogP) is 9.69. The lowest BCUT2D eigenvalue weighted by atomic mass is 9.80. The molecule has 0 saturated heterocycles. The number of benzene rings is 6. The molecule has 62 heavy (non-hydrogen) atoms. The Bertz CT molecular complexity index is 2000. The number of hydrogen-bond donors (Lipinski definition) is 0. The molecular weight excluding hydrogens is 785 g/mol. The number of esters is 2. The number of carbonyl (C=O) groups is 2. The molecule has 0 aromatic heterocycles. The lowest BCUT2D eigenvalue weighted by molar-refractivity contribution is -0.151. The number of hydrogen-bond acceptors (Lipinski definition) is 10. The van der Waals surface area contributed by atoms with Crippen LogP contribution in [0.15, 0.2) is 158 Å². The zero-order valence-corrected chi connectivity index (χ0v) is 35.8. The largest absolute Gasteiger partial charge is 0.497 e. The van der Waals surface area contributed by atoms with Gasteiger partial charge in [0, 0.05) is 12.8 Å². The Morgan fingerprint density at radius 2 is 0.613 bits per heavy atom. The number of carbonyl (C=O) groups excluding carboxylic acids is 2. The van der Waals surface area contributed by atoms with E-state index in [1.54, 1.807) is 28.4 Å². The van der Waals surface area contributed by atoms with Gasteiger partial charge in [-0.3, -0.25) is 9.59 Å². The van der Waals surface area contributed by atoms with Crippen molar-refractivity contribution in [1.29, 1.82) is 0 Å². The van der Waals surface area contributed by atoms with E-state index in [1.165, 1.54) is 0 Å². The molecule has 6 aromatic carbocycles. The molecule has 0 atom stereocenters. The first-order valence-electron chi connectivity index (χ1n) is 20.6. The average molecular weight is 839 g/mol. The summed E-state index contributed by atoms with van der Waals surface area (Å²) >= 11 is 0. The van der Waals surface area contributed by atoms with Crippen molar-refractivity contribution in [2.75, 3.05) is 54.9 Å². The van der Waals surface area contributed by atoms with Crippen LogP contribution in [0, 0.1) is 0 Å². The standard InChI is InChI=1S/C52H54O10/c1-55-45-25-17-41(18-26-45)51(39-13-7-5-8-14-39,42-19-27-46(56-2)28-20-42)61-37-11-35-59-49(53)33-34-50(54)60-36-12-38-62-52(40-15-9-6-10-16-40,43-21-29-47(57-3)30-22-43)44-23-31-48(58-4)32-24-44/h5-10,13-32H,11-12,33-38H2,1-4H3. The highest BCUT2D eigenvalue weighted by molar-refractivity contribution is 5.77. The first kappa shape index (κ1) is 44.9. The van der Waals surface area contributed by atoms with Gasteiger partial charge in [-0.2, -0.15) is 0 Å². The normalized spacial score (nSPS) is 11.4. The first-order valence-corrected chi connectivity index (χ1v) is 20.6. The molecule has 0 spiro atoms. The topological polar surface area (TPSA) is 108 Å². The molecule has 322 valence electrons. The highest BCUT2D eigenvalue weighted by Gasteiger charge is 2.39. The Hall–Kier alpha value is -6.62. The molecule has 10 nitrogen and oxygen atoms in total. The van der Waals surface area contributed by atoms with E-state index in [-0.39, 0.29) is 39.3 Å². The van der Waals surface area contributed by atoms with Gasteiger partial charge in [-0.05, 0) is 81.9 Å². The molecule has 0 saturated carbocycles. The van der Waals surface area contributed by atoms with E-state index in [4.69, 9.17) is 37.9 Å². The Labute approximate surface area is 364 Å². The molecule has 0 aliphatic carbocycles. The Morgan fingerprint density at radius 3 is 0.871 bits per heavy atom. The summed E-state index contributed by atoms with van der Waals surface area (Å²) in [5, 5.41) is 0. The molecule has 0 fully saturated rings. The van der Waals surface area contributed by atoms with Crippen LogP contribution >= 0.6 is 0 Å². The lowest BCUT2D eigenvalue weighted by Crippen LogP contribution is -2.33. The van der Waals surface area contributed by atoms with Crippen molar-refractivity contribution >= 4 is 11.9 Å². The second-order valence-electron chi connectivity index (χ2n) is 14.4. The molecule has 0 amide bonds. The average Bonchev–Trinajstić information content (AvgIpc) is 3.34. The van der Waals surface area contributed by atoms with Crippen LogP contribution in [0.1, 0.15) is 59.1 Å². The minimum absolute atomic E-state index is 0.103. The third kappa shape index (κ3) is 10.8. The highest BCUT2D eigenvalue weighted by Crippen LogP contribution is 2.43. The number of rotatable bonds is 23. The SMILES string of the molecule is COc1ccc(C(OCCCOC(=O)CCC(=O)OCCCOC(c2ccccc2)(c2ccc(OC)cc2)c2ccc(OC)cc2)(c2ccccc2)c2ccc(OC)cc2)cc1. The zero-order chi connectivity index (χ0) is 43.6. The van der Waals surface area contributed by atoms with E-state index < -0.39 is 23.1 Å². The van der Waals surface area contributed by atoms with E-state index >= 15 is 0 Å². The van der Waals surface area contributed by atoms with Crippen molar-refractivity contribution in [2.24, 2.45) is 0 Å². The maximum absolute atomic E-state index is 12.7. The van der Waals surface area contributed by atoms with E-state index in [0.29, 0.717) is 12.8 Å². The fourth-order valence-corrected chi connectivity index (χ4v) is 7.44. The van der Waals surface area contributed by atoms with Crippen LogP contribution in [-0.4, -0.2) is 66.8 Å². The summed E-state index contributed by atoms with van der Waals surface area (Å²) in [6.07, 6.45) is 0.644. The second-order valence-corrected chi connectivity index (χ2v) is 14.4. The Kier molecular flexibility index (Phi) is 16.1. The van der Waals surface area contributed by atoms with Crippen molar-refractivity contribution in [3.63, 3.8) is 0 Å². The van der Waals surface area contributed by atoms with Crippen LogP contribution in [0.25, 0.3) is 0 Å². The van der Waals surface area contributed by atoms with Gasteiger partial charge in [0.25, 0.3) is 0 Å². The molecule has 0 unspecified atom stereocenters. The van der Waals surface area contributed by atoms with Crippen LogP contribution in [0.3, 0.4) is 0 Å². The molecule has 0 radical (unpaired) electrons. The molecule has 6 aromatic rings. The lowest BCUT2D eigenvalue weighted by Gasteiger charge is -2.36. The summed E-state index contributed by atoms with van der Waals surface area (Å²) in [6.45, 7) is 0.777. The Morgan fingerprint density at radius 1 is 0.355 bits per heavy atom. The predicted molar refractivity (Wildman–Crippen MR) is 237 cm³/mol. The molecule has 6 rings (SSSR count). The number of ether oxygens (including phenoxy) is 8. The fraction of sp³-hybridized carbons (Fsp3) is 0.269. The van der Waals surface area contributed by atoms with Gasteiger partial charge in [0.05, 0.1) is 67.7 Å². The summed E-state index contributed by atoms with van der Waals surface area (Å²) < 4.78 is 46.5. The van der Waals surface area contributed by atoms with E-state index in [9.17, 15) is 9.59 Å². The summed E-state index contributed by atoms with van der Waals surface area (Å²) in [5.41, 5.74) is 3.52. The van der Waals surface area contributed by atoms with Crippen LogP contribution < -0.4 is 18.9 Å². The third-order valence-corrected chi connectivity index (χ3v) is 10.6. The maximum Gasteiger partial charge on any atom is 0.306 e. The van der Waals surface area contributed by atoms with Gasteiger partial charge < -0.3 is 37.9 Å². The highest BCUT2D eigenvalue weighted by atomic mass is 16.5. The summed E-state index contributed by atoms with van der Waals surface area (Å²) in [5.74, 6) is 1.93. The first-order chi connectivity index (χ1) is 30.4. The maximum atomic E-state index is 12.7. The summed E-state index contributed by atoms with van der Waals surface area (Å²) in [4.78, 5) is 25.5. The van der Waals surface area contributed by atoms with Crippen molar-refractivity contribution < 1.29 is 47.5 Å². The molecule has 0 N–H and O–H groups in total. The quantitative estimate of drug-likeness (QED) is 0.0352. The summed E-state index contributed by atoms with van der Waals surface area (Å²) in [7, 11) is 6.53. The van der Waals surface area contributed by atoms with Gasteiger partial charge >= 0.3 is 11.9 Å². The molecule has 0 bridgehead atoms. The minimum Gasteiger partial charge on any atom is -0.497 e. The van der Waals surface area contributed by atoms with Gasteiger partial charge in [0.1, 0.15) is 34.2 Å². The summed E-state index contributed by atoms with van der Waals surface area (Å²) in [6, 6.07) is 51.2. The number of methoxy groups -OCH3 is 4. The van der Waals surface area contributed by atoms with Gasteiger partial charge in [-0.25, -0.2) is 0 Å². The smallest absolute Gasteiger partial charge is 0.306 e. The van der Waals surface area contributed by atoms with E-state index in [1.807, 2.05) is 158 Å².